The van der Waals surface area contributed by atoms with Crippen LogP contribution < -0.4 is 15.2 Å². The Morgan fingerprint density at radius 2 is 1.69 bits per heavy atom. The second kappa shape index (κ2) is 10.1. The summed E-state index contributed by atoms with van der Waals surface area (Å²) in [5.41, 5.74) is 1.52. The van der Waals surface area contributed by atoms with Crippen molar-refractivity contribution in [1.82, 2.24) is 9.58 Å². The molecule has 1 saturated heterocycles. The van der Waals surface area contributed by atoms with Crippen molar-refractivity contribution in [2.75, 3.05) is 38.7 Å². The fraction of sp³-hybridized carbons (Fsp3) is 0.269. The molecular formula is C26H25N3O7. The molecule has 0 radical (unpaired) electrons. The zero-order valence-corrected chi connectivity index (χ0v) is 19.6. The van der Waals surface area contributed by atoms with Crippen molar-refractivity contribution >= 4 is 12.1 Å². The molecule has 186 valence electrons. The van der Waals surface area contributed by atoms with Gasteiger partial charge in [0.2, 0.25) is 18.0 Å². The van der Waals surface area contributed by atoms with Crippen molar-refractivity contribution in [3.8, 4) is 5.75 Å². The number of rotatable bonds is 6. The molecule has 1 amide bonds. The lowest BCUT2D eigenvalue weighted by molar-refractivity contribution is -0.0208. The van der Waals surface area contributed by atoms with Gasteiger partial charge >= 0.3 is 6.16 Å². The van der Waals surface area contributed by atoms with Gasteiger partial charge in [0.15, 0.2) is 5.69 Å². The van der Waals surface area contributed by atoms with Crippen LogP contribution in [0, 0.1) is 0 Å². The Morgan fingerprint density at radius 3 is 2.33 bits per heavy atom. The maximum absolute atomic E-state index is 13.7. The fourth-order valence-electron chi connectivity index (χ4n) is 4.62. The summed E-state index contributed by atoms with van der Waals surface area (Å²) in [4.78, 5) is 39.6. The molecule has 0 unspecified atom stereocenters. The van der Waals surface area contributed by atoms with E-state index in [0.29, 0.717) is 13.2 Å². The maximum Gasteiger partial charge on any atom is 0.510 e. The number of nitrogens with zero attached hydrogens (tertiary/aromatic N) is 3. The first kappa shape index (κ1) is 23.4. The zero-order valence-electron chi connectivity index (χ0n) is 19.6. The number of morpholine rings is 1. The van der Waals surface area contributed by atoms with Crippen LogP contribution in [0.1, 0.15) is 27.7 Å². The monoisotopic (exact) mass is 491 g/mol. The smallest absolute Gasteiger partial charge is 0.451 e. The second-order valence-electron chi connectivity index (χ2n) is 8.22. The van der Waals surface area contributed by atoms with Gasteiger partial charge in [-0.05, 0) is 11.1 Å². The molecule has 0 saturated carbocycles. The van der Waals surface area contributed by atoms with E-state index in [9.17, 15) is 14.4 Å². The van der Waals surface area contributed by atoms with Crippen molar-refractivity contribution in [3.05, 3.63) is 100.0 Å². The number of ether oxygens (including phenoxy) is 4. The maximum atomic E-state index is 13.7. The number of hydrogen-bond acceptors (Lipinski definition) is 8. The summed E-state index contributed by atoms with van der Waals surface area (Å²) in [5, 5.41) is 2.02. The van der Waals surface area contributed by atoms with E-state index in [1.807, 2.05) is 65.7 Å². The molecule has 0 aliphatic carbocycles. The van der Waals surface area contributed by atoms with E-state index in [2.05, 4.69) is 4.74 Å². The third kappa shape index (κ3) is 4.27. The van der Waals surface area contributed by atoms with Crippen molar-refractivity contribution in [3.63, 3.8) is 0 Å². The lowest BCUT2D eigenvalue weighted by Gasteiger charge is -2.51. The van der Waals surface area contributed by atoms with Crippen LogP contribution in [0.4, 0.5) is 4.79 Å². The molecule has 0 spiro atoms. The topological polar surface area (TPSA) is 99.5 Å². The number of hydrogen-bond donors (Lipinski definition) is 0. The van der Waals surface area contributed by atoms with Crippen LogP contribution in [0.5, 0.6) is 5.75 Å². The predicted molar refractivity (Wildman–Crippen MR) is 128 cm³/mol. The van der Waals surface area contributed by atoms with Gasteiger partial charge in [0.25, 0.3) is 5.91 Å². The van der Waals surface area contributed by atoms with Crippen LogP contribution in [0.3, 0.4) is 0 Å². The van der Waals surface area contributed by atoms with Gasteiger partial charge in [0, 0.05) is 18.8 Å². The molecular weight excluding hydrogens is 466 g/mol. The van der Waals surface area contributed by atoms with E-state index in [4.69, 9.17) is 14.2 Å². The Bertz CT molecular complexity index is 1260. The molecule has 36 heavy (non-hydrogen) atoms. The molecule has 2 aromatic carbocycles. The summed E-state index contributed by atoms with van der Waals surface area (Å²) >= 11 is 0. The predicted octanol–water partition coefficient (Wildman–Crippen LogP) is 2.51. The van der Waals surface area contributed by atoms with Crippen molar-refractivity contribution < 1.29 is 28.5 Å². The third-order valence-corrected chi connectivity index (χ3v) is 6.20. The number of pyridine rings is 1. The van der Waals surface area contributed by atoms with Gasteiger partial charge in [-0.1, -0.05) is 60.7 Å². The minimum Gasteiger partial charge on any atom is -0.451 e. The van der Waals surface area contributed by atoms with Gasteiger partial charge in [-0.2, -0.15) is 0 Å². The highest BCUT2D eigenvalue weighted by molar-refractivity contribution is 5.96. The molecule has 1 atom stereocenters. The fourth-order valence-corrected chi connectivity index (χ4v) is 4.62. The SMILES string of the molecule is COC(=O)OCOc1c2n(ccc1=O)N(C(c1ccccc1)c1ccccc1)[C@@H]1COCCN1C2=O. The molecule has 5 rings (SSSR count). The number of fused-ring (bicyclic) bond motifs is 2. The number of aromatic nitrogens is 1. The highest BCUT2D eigenvalue weighted by atomic mass is 16.8. The Morgan fingerprint density at radius 1 is 1.03 bits per heavy atom. The Balaban J connectivity index is 1.68. The standard InChI is InChI=1S/C26H25N3O7/c1-33-26(32)36-17-35-24-20(30)12-13-28-23(24)25(31)27-14-15-34-16-21(27)29(28)22(18-8-4-2-5-9-18)19-10-6-3-7-11-19/h2-13,21-22H,14-17H2,1H3/t21-/m1/s1. The summed E-state index contributed by atoms with van der Waals surface area (Å²) in [5.74, 6) is -0.577. The molecule has 0 N–H and O–H groups in total. The summed E-state index contributed by atoms with van der Waals surface area (Å²) in [7, 11) is 1.16. The van der Waals surface area contributed by atoms with Crippen molar-refractivity contribution in [2.24, 2.45) is 0 Å². The number of carbonyl (C=O) groups is 2. The minimum absolute atomic E-state index is 0.0472. The molecule has 1 fully saturated rings. The lowest BCUT2D eigenvalue weighted by atomic mass is 9.97. The quantitative estimate of drug-likeness (QED) is 0.383. The molecule has 10 heteroatoms. The van der Waals surface area contributed by atoms with Gasteiger partial charge in [-0.25, -0.2) is 4.79 Å². The van der Waals surface area contributed by atoms with Crippen LogP contribution in [0.25, 0.3) is 0 Å². The van der Waals surface area contributed by atoms with Gasteiger partial charge in [0.05, 0.1) is 26.4 Å². The van der Waals surface area contributed by atoms with Gasteiger partial charge in [0.1, 0.15) is 6.17 Å². The van der Waals surface area contributed by atoms with Gasteiger partial charge in [-0.3, -0.25) is 19.3 Å². The van der Waals surface area contributed by atoms with Gasteiger partial charge in [-0.15, -0.1) is 0 Å². The van der Waals surface area contributed by atoms with Crippen molar-refractivity contribution in [1.29, 1.82) is 0 Å². The summed E-state index contributed by atoms with van der Waals surface area (Å²) in [6.07, 6.45) is 0.161. The van der Waals surface area contributed by atoms with Crippen LogP contribution in [-0.4, -0.2) is 61.5 Å². The first-order valence-electron chi connectivity index (χ1n) is 11.5. The largest absolute Gasteiger partial charge is 0.510 e. The first-order valence-corrected chi connectivity index (χ1v) is 11.5. The van der Waals surface area contributed by atoms with Crippen LogP contribution in [0.15, 0.2) is 77.7 Å². The minimum atomic E-state index is -0.964. The number of amides is 1. The Kier molecular flexibility index (Phi) is 6.59. The van der Waals surface area contributed by atoms with E-state index in [0.717, 1.165) is 18.2 Å². The summed E-state index contributed by atoms with van der Waals surface area (Å²) in [6.45, 7) is 0.419. The van der Waals surface area contributed by atoms with Crippen molar-refractivity contribution in [2.45, 2.75) is 12.2 Å². The van der Waals surface area contributed by atoms with E-state index >= 15 is 0 Å². The molecule has 0 bridgehead atoms. The van der Waals surface area contributed by atoms with E-state index in [1.54, 1.807) is 15.8 Å². The average molecular weight is 492 g/mol. The van der Waals surface area contributed by atoms with E-state index in [-0.39, 0.29) is 30.0 Å². The number of methoxy groups -OCH3 is 1. The lowest BCUT2D eigenvalue weighted by Crippen LogP contribution is -2.66. The molecule has 3 aromatic rings. The highest BCUT2D eigenvalue weighted by Crippen LogP contribution is 2.35. The Labute approximate surface area is 207 Å². The summed E-state index contributed by atoms with van der Waals surface area (Å²) in [6, 6.07) is 20.8. The molecule has 2 aliphatic heterocycles. The number of carbonyl (C=O) groups excluding carboxylic acids is 2. The first-order chi connectivity index (χ1) is 17.6. The summed E-state index contributed by atoms with van der Waals surface area (Å²) < 4.78 is 22.2. The van der Waals surface area contributed by atoms with E-state index in [1.165, 1.54) is 6.07 Å². The molecule has 1 aromatic heterocycles. The normalized spacial score (nSPS) is 16.8. The van der Waals surface area contributed by atoms with Crippen LogP contribution in [0.2, 0.25) is 0 Å². The third-order valence-electron chi connectivity index (χ3n) is 6.20. The van der Waals surface area contributed by atoms with E-state index < -0.39 is 24.5 Å². The molecule has 2 aliphatic rings. The second-order valence-corrected chi connectivity index (χ2v) is 8.22. The van der Waals surface area contributed by atoms with Crippen LogP contribution >= 0.6 is 0 Å². The number of benzene rings is 2. The average Bonchev–Trinajstić information content (AvgIpc) is 2.93. The Hall–Kier alpha value is -4.31. The van der Waals surface area contributed by atoms with Gasteiger partial charge < -0.3 is 23.8 Å². The van der Waals surface area contributed by atoms with Crippen LogP contribution in [-0.2, 0) is 14.2 Å². The zero-order chi connectivity index (χ0) is 25.1. The molecule has 3 heterocycles. The highest BCUT2D eigenvalue weighted by Gasteiger charge is 2.44. The molecule has 10 nitrogen and oxygen atoms in total.